The van der Waals surface area contributed by atoms with Crippen LogP contribution in [0, 0.1) is 11.8 Å². The molecule has 19 heavy (non-hydrogen) atoms. The van der Waals surface area contributed by atoms with Gasteiger partial charge in [0, 0.05) is 18.9 Å². The molecule has 0 aromatic heterocycles. The SMILES string of the molecule is CCCCOCC(O)CC1CC(CCC)CCC1=O. The highest BCUT2D eigenvalue weighted by Gasteiger charge is 2.29. The van der Waals surface area contributed by atoms with Crippen LogP contribution in [0.3, 0.4) is 0 Å². The third kappa shape index (κ3) is 6.53. The fourth-order valence-electron chi connectivity index (χ4n) is 2.96. The summed E-state index contributed by atoms with van der Waals surface area (Å²) >= 11 is 0. The highest BCUT2D eigenvalue weighted by Crippen LogP contribution is 2.32. The van der Waals surface area contributed by atoms with Crippen LogP contribution in [-0.2, 0) is 9.53 Å². The molecule has 0 spiro atoms. The van der Waals surface area contributed by atoms with E-state index in [1.54, 1.807) is 0 Å². The maximum atomic E-state index is 11.9. The third-order valence-corrected chi connectivity index (χ3v) is 4.08. The van der Waals surface area contributed by atoms with E-state index in [0.29, 0.717) is 37.8 Å². The predicted octanol–water partition coefficient (Wildman–Crippen LogP) is 3.34. The second-order valence-corrected chi connectivity index (χ2v) is 5.91. The topological polar surface area (TPSA) is 46.5 Å². The Morgan fingerprint density at radius 3 is 2.84 bits per heavy atom. The molecule has 3 atom stereocenters. The molecule has 0 aliphatic heterocycles. The molecule has 1 saturated carbocycles. The fourth-order valence-corrected chi connectivity index (χ4v) is 2.96. The molecule has 0 aromatic rings. The van der Waals surface area contributed by atoms with Gasteiger partial charge in [0.05, 0.1) is 12.7 Å². The van der Waals surface area contributed by atoms with E-state index in [4.69, 9.17) is 4.74 Å². The summed E-state index contributed by atoms with van der Waals surface area (Å²) in [5.41, 5.74) is 0. The van der Waals surface area contributed by atoms with Crippen LogP contribution < -0.4 is 0 Å². The number of carbonyl (C=O) groups is 1. The van der Waals surface area contributed by atoms with Crippen LogP contribution in [0.5, 0.6) is 0 Å². The fraction of sp³-hybridized carbons (Fsp3) is 0.938. The number of hydrogen-bond acceptors (Lipinski definition) is 3. The summed E-state index contributed by atoms with van der Waals surface area (Å²) in [6, 6.07) is 0. The molecule has 1 aliphatic rings. The molecule has 0 aromatic carbocycles. The molecule has 0 bridgehead atoms. The van der Waals surface area contributed by atoms with E-state index >= 15 is 0 Å². The molecule has 3 nitrogen and oxygen atoms in total. The smallest absolute Gasteiger partial charge is 0.136 e. The van der Waals surface area contributed by atoms with Crippen LogP contribution in [0.1, 0.15) is 65.2 Å². The molecule has 1 fully saturated rings. The second-order valence-electron chi connectivity index (χ2n) is 5.91. The average Bonchev–Trinajstić information content (AvgIpc) is 2.39. The molecule has 112 valence electrons. The predicted molar refractivity (Wildman–Crippen MR) is 77.1 cm³/mol. The summed E-state index contributed by atoms with van der Waals surface area (Å²) in [5, 5.41) is 9.96. The Bertz CT molecular complexity index is 252. The summed E-state index contributed by atoms with van der Waals surface area (Å²) in [4.78, 5) is 11.9. The number of aliphatic hydroxyl groups is 1. The van der Waals surface area contributed by atoms with E-state index in [2.05, 4.69) is 13.8 Å². The Balaban J connectivity index is 2.26. The third-order valence-electron chi connectivity index (χ3n) is 4.08. The Hall–Kier alpha value is -0.410. The maximum absolute atomic E-state index is 11.9. The van der Waals surface area contributed by atoms with Gasteiger partial charge in [-0.3, -0.25) is 4.79 Å². The van der Waals surface area contributed by atoms with Crippen molar-refractivity contribution in [1.29, 1.82) is 0 Å². The highest BCUT2D eigenvalue weighted by molar-refractivity contribution is 5.81. The van der Waals surface area contributed by atoms with Crippen molar-refractivity contribution in [3.05, 3.63) is 0 Å². The zero-order valence-corrected chi connectivity index (χ0v) is 12.6. The molecule has 0 saturated heterocycles. The van der Waals surface area contributed by atoms with E-state index in [1.807, 2.05) is 0 Å². The van der Waals surface area contributed by atoms with Gasteiger partial charge >= 0.3 is 0 Å². The van der Waals surface area contributed by atoms with Gasteiger partial charge in [0.1, 0.15) is 5.78 Å². The van der Waals surface area contributed by atoms with Crippen molar-refractivity contribution in [3.8, 4) is 0 Å². The number of aliphatic hydroxyl groups excluding tert-OH is 1. The van der Waals surface area contributed by atoms with Crippen molar-refractivity contribution in [2.45, 2.75) is 71.3 Å². The van der Waals surface area contributed by atoms with Gasteiger partial charge in [-0.15, -0.1) is 0 Å². The first-order valence-corrected chi connectivity index (χ1v) is 7.95. The van der Waals surface area contributed by atoms with Gasteiger partial charge in [0.25, 0.3) is 0 Å². The van der Waals surface area contributed by atoms with Crippen molar-refractivity contribution in [1.82, 2.24) is 0 Å². The molecule has 0 heterocycles. The molecule has 1 N–H and O–H groups in total. The monoisotopic (exact) mass is 270 g/mol. The number of unbranched alkanes of at least 4 members (excludes halogenated alkanes) is 1. The van der Waals surface area contributed by atoms with E-state index in [0.717, 1.165) is 25.7 Å². The van der Waals surface area contributed by atoms with Gasteiger partial charge in [0.15, 0.2) is 0 Å². The highest BCUT2D eigenvalue weighted by atomic mass is 16.5. The van der Waals surface area contributed by atoms with Crippen LogP contribution in [-0.4, -0.2) is 30.2 Å². The summed E-state index contributed by atoms with van der Waals surface area (Å²) < 4.78 is 5.43. The van der Waals surface area contributed by atoms with Gasteiger partial charge < -0.3 is 9.84 Å². The Kier molecular flexibility index (Phi) is 8.31. The summed E-state index contributed by atoms with van der Waals surface area (Å²) in [6.45, 7) is 5.41. The van der Waals surface area contributed by atoms with Gasteiger partial charge in [-0.25, -0.2) is 0 Å². The van der Waals surface area contributed by atoms with Crippen LogP contribution in [0.4, 0.5) is 0 Å². The van der Waals surface area contributed by atoms with Crippen LogP contribution in [0.2, 0.25) is 0 Å². The lowest BCUT2D eigenvalue weighted by molar-refractivity contribution is -0.127. The van der Waals surface area contributed by atoms with Gasteiger partial charge in [-0.05, 0) is 31.6 Å². The van der Waals surface area contributed by atoms with E-state index in [1.165, 1.54) is 12.8 Å². The molecular formula is C16H30O3. The molecule has 0 amide bonds. The molecule has 3 unspecified atom stereocenters. The first-order chi connectivity index (χ1) is 9.17. The van der Waals surface area contributed by atoms with Gasteiger partial charge in [-0.2, -0.15) is 0 Å². The lowest BCUT2D eigenvalue weighted by atomic mass is 9.76. The molecule has 0 radical (unpaired) electrons. The number of rotatable bonds is 9. The quantitative estimate of drug-likeness (QED) is 0.654. The first-order valence-electron chi connectivity index (χ1n) is 7.95. The van der Waals surface area contributed by atoms with Crippen LogP contribution >= 0.6 is 0 Å². The van der Waals surface area contributed by atoms with Crippen LogP contribution in [0.15, 0.2) is 0 Å². The minimum absolute atomic E-state index is 0.0649. The lowest BCUT2D eigenvalue weighted by Gasteiger charge is -2.29. The maximum Gasteiger partial charge on any atom is 0.136 e. The zero-order chi connectivity index (χ0) is 14.1. The van der Waals surface area contributed by atoms with Crippen molar-refractivity contribution in [2.75, 3.05) is 13.2 Å². The summed E-state index contributed by atoms with van der Waals surface area (Å²) in [7, 11) is 0. The number of ketones is 1. The molecule has 1 rings (SSSR count). The number of hydrogen-bond donors (Lipinski definition) is 1. The summed E-state index contributed by atoms with van der Waals surface area (Å²) in [5.74, 6) is 1.09. The normalized spacial score (nSPS) is 25.5. The minimum atomic E-state index is -0.480. The van der Waals surface area contributed by atoms with E-state index in [9.17, 15) is 9.90 Å². The summed E-state index contributed by atoms with van der Waals surface area (Å²) in [6.07, 6.45) is 7.38. The number of carbonyl (C=O) groups excluding carboxylic acids is 1. The minimum Gasteiger partial charge on any atom is -0.391 e. The van der Waals surface area contributed by atoms with Crippen molar-refractivity contribution < 1.29 is 14.6 Å². The second kappa shape index (κ2) is 9.49. The standard InChI is InChI=1S/C16H30O3/c1-3-5-9-19-12-15(17)11-14-10-13(6-4-2)7-8-16(14)18/h13-15,17H,3-12H2,1-2H3. The van der Waals surface area contributed by atoms with Crippen molar-refractivity contribution in [3.63, 3.8) is 0 Å². The Morgan fingerprint density at radius 2 is 2.16 bits per heavy atom. The zero-order valence-electron chi connectivity index (χ0n) is 12.6. The van der Waals surface area contributed by atoms with Crippen LogP contribution in [0.25, 0.3) is 0 Å². The molecular weight excluding hydrogens is 240 g/mol. The van der Waals surface area contributed by atoms with E-state index in [-0.39, 0.29) is 5.92 Å². The van der Waals surface area contributed by atoms with E-state index < -0.39 is 6.10 Å². The number of ether oxygens (including phenoxy) is 1. The molecule has 1 aliphatic carbocycles. The van der Waals surface area contributed by atoms with Crippen molar-refractivity contribution >= 4 is 5.78 Å². The lowest BCUT2D eigenvalue weighted by Crippen LogP contribution is -2.30. The Labute approximate surface area is 117 Å². The van der Waals surface area contributed by atoms with Gasteiger partial charge in [0.2, 0.25) is 0 Å². The average molecular weight is 270 g/mol. The van der Waals surface area contributed by atoms with Crippen molar-refractivity contribution in [2.24, 2.45) is 11.8 Å². The number of Topliss-reactive ketones (excluding diaryl/α,β-unsaturated/α-hetero) is 1. The molecule has 3 heteroatoms. The first kappa shape index (κ1) is 16.6. The Morgan fingerprint density at radius 1 is 1.37 bits per heavy atom. The largest absolute Gasteiger partial charge is 0.391 e. The van der Waals surface area contributed by atoms with Gasteiger partial charge in [-0.1, -0.05) is 33.1 Å².